The zero-order chi connectivity index (χ0) is 15.4. The number of rotatable bonds is 4. The Morgan fingerprint density at radius 1 is 1.19 bits per heavy atom. The minimum Gasteiger partial charge on any atom is -0.508 e. The number of nitrogens with one attached hydrogen (secondary N) is 1. The van der Waals surface area contributed by atoms with Crippen molar-refractivity contribution in [2.24, 2.45) is 0 Å². The lowest BCUT2D eigenvalue weighted by molar-refractivity contribution is 0.102. The van der Waals surface area contributed by atoms with Crippen LogP contribution in [0.15, 0.2) is 42.5 Å². The van der Waals surface area contributed by atoms with Gasteiger partial charge in [-0.3, -0.25) is 4.79 Å². The van der Waals surface area contributed by atoms with E-state index in [1.807, 2.05) is 19.9 Å². The number of phenols is 1. The van der Waals surface area contributed by atoms with E-state index in [1.165, 1.54) is 0 Å². The van der Waals surface area contributed by atoms with Crippen molar-refractivity contribution in [2.75, 3.05) is 5.32 Å². The smallest absolute Gasteiger partial charge is 0.255 e. The van der Waals surface area contributed by atoms with Gasteiger partial charge in [0.2, 0.25) is 0 Å². The van der Waals surface area contributed by atoms with E-state index in [2.05, 4.69) is 5.32 Å². The Hall–Kier alpha value is -2.49. The van der Waals surface area contributed by atoms with Gasteiger partial charge in [-0.2, -0.15) is 0 Å². The molecule has 2 rings (SSSR count). The summed E-state index contributed by atoms with van der Waals surface area (Å²) in [7, 11) is 0. The van der Waals surface area contributed by atoms with Crippen molar-refractivity contribution < 1.29 is 14.6 Å². The summed E-state index contributed by atoms with van der Waals surface area (Å²) in [4.78, 5) is 12.2. The Bertz CT molecular complexity index is 650. The number of anilines is 1. The first kappa shape index (κ1) is 14.9. The van der Waals surface area contributed by atoms with Gasteiger partial charge in [0.15, 0.2) is 0 Å². The molecule has 0 atom stereocenters. The molecule has 4 nitrogen and oxygen atoms in total. The van der Waals surface area contributed by atoms with Crippen molar-refractivity contribution >= 4 is 11.6 Å². The Labute approximate surface area is 124 Å². The first-order chi connectivity index (χ1) is 9.95. The van der Waals surface area contributed by atoms with E-state index < -0.39 is 0 Å². The molecule has 0 spiro atoms. The average molecular weight is 285 g/mol. The van der Waals surface area contributed by atoms with E-state index in [0.717, 1.165) is 0 Å². The van der Waals surface area contributed by atoms with Gasteiger partial charge in [-0.05, 0) is 62.7 Å². The molecule has 2 aromatic carbocycles. The number of aryl methyl sites for hydroxylation is 1. The SMILES string of the molecule is Cc1cc(NC(=O)c2cccc(OC(C)C)c2)ccc1O. The van der Waals surface area contributed by atoms with Crippen LogP contribution in [0.2, 0.25) is 0 Å². The van der Waals surface area contributed by atoms with Crippen molar-refractivity contribution in [1.82, 2.24) is 0 Å². The summed E-state index contributed by atoms with van der Waals surface area (Å²) in [5, 5.41) is 12.3. The quantitative estimate of drug-likeness (QED) is 0.841. The lowest BCUT2D eigenvalue weighted by atomic mass is 10.1. The summed E-state index contributed by atoms with van der Waals surface area (Å²) in [6.07, 6.45) is 0.0584. The van der Waals surface area contributed by atoms with Gasteiger partial charge < -0.3 is 15.2 Å². The van der Waals surface area contributed by atoms with Crippen LogP contribution in [-0.2, 0) is 0 Å². The van der Waals surface area contributed by atoms with Crippen LogP contribution in [0.3, 0.4) is 0 Å². The van der Waals surface area contributed by atoms with Crippen LogP contribution in [0.4, 0.5) is 5.69 Å². The normalized spacial score (nSPS) is 10.5. The highest BCUT2D eigenvalue weighted by Gasteiger charge is 2.08. The van der Waals surface area contributed by atoms with Crippen LogP contribution in [0.5, 0.6) is 11.5 Å². The fourth-order valence-corrected chi connectivity index (χ4v) is 1.92. The number of aromatic hydroxyl groups is 1. The fourth-order valence-electron chi connectivity index (χ4n) is 1.92. The molecule has 1 amide bonds. The number of hydrogen-bond donors (Lipinski definition) is 2. The first-order valence-electron chi connectivity index (χ1n) is 6.83. The summed E-state index contributed by atoms with van der Waals surface area (Å²) >= 11 is 0. The van der Waals surface area contributed by atoms with Crippen molar-refractivity contribution in [3.8, 4) is 11.5 Å². The summed E-state index contributed by atoms with van der Waals surface area (Å²) < 4.78 is 5.58. The molecule has 21 heavy (non-hydrogen) atoms. The highest BCUT2D eigenvalue weighted by Crippen LogP contribution is 2.21. The predicted octanol–water partition coefficient (Wildman–Crippen LogP) is 3.74. The van der Waals surface area contributed by atoms with Crippen LogP contribution in [0.25, 0.3) is 0 Å². The van der Waals surface area contributed by atoms with Gasteiger partial charge in [0.05, 0.1) is 6.10 Å². The molecule has 110 valence electrons. The molecule has 0 saturated heterocycles. The van der Waals surface area contributed by atoms with Gasteiger partial charge in [-0.15, -0.1) is 0 Å². The number of amides is 1. The number of phenolic OH excluding ortho intramolecular Hbond substituents is 1. The highest BCUT2D eigenvalue weighted by molar-refractivity contribution is 6.04. The van der Waals surface area contributed by atoms with Gasteiger partial charge >= 0.3 is 0 Å². The second kappa shape index (κ2) is 6.31. The van der Waals surface area contributed by atoms with Crippen molar-refractivity contribution in [2.45, 2.75) is 26.9 Å². The number of benzene rings is 2. The minimum absolute atomic E-state index is 0.0584. The third-order valence-corrected chi connectivity index (χ3v) is 2.92. The summed E-state index contributed by atoms with van der Waals surface area (Å²) in [6.45, 7) is 5.65. The second-order valence-electron chi connectivity index (χ2n) is 5.15. The Kier molecular flexibility index (Phi) is 4.48. The van der Waals surface area contributed by atoms with E-state index in [1.54, 1.807) is 43.3 Å². The monoisotopic (exact) mass is 285 g/mol. The molecular weight excluding hydrogens is 266 g/mol. The average Bonchev–Trinajstić information content (AvgIpc) is 2.42. The molecule has 0 aliphatic rings. The van der Waals surface area contributed by atoms with Gasteiger partial charge in [-0.1, -0.05) is 6.07 Å². The fraction of sp³-hybridized carbons (Fsp3) is 0.235. The Morgan fingerprint density at radius 2 is 1.95 bits per heavy atom. The van der Waals surface area contributed by atoms with Crippen LogP contribution in [0.1, 0.15) is 29.8 Å². The molecule has 4 heteroatoms. The number of carbonyl (C=O) groups excluding carboxylic acids is 1. The van der Waals surface area contributed by atoms with E-state index in [9.17, 15) is 9.90 Å². The van der Waals surface area contributed by atoms with Crippen LogP contribution in [-0.4, -0.2) is 17.1 Å². The molecule has 2 aromatic rings. The van der Waals surface area contributed by atoms with Gasteiger partial charge in [0.25, 0.3) is 5.91 Å². The molecule has 0 aliphatic carbocycles. The van der Waals surface area contributed by atoms with Crippen molar-refractivity contribution in [3.63, 3.8) is 0 Å². The Morgan fingerprint density at radius 3 is 2.62 bits per heavy atom. The lowest BCUT2D eigenvalue weighted by Gasteiger charge is -2.11. The van der Waals surface area contributed by atoms with Crippen LogP contribution < -0.4 is 10.1 Å². The third kappa shape index (κ3) is 3.99. The Balaban J connectivity index is 2.14. The largest absolute Gasteiger partial charge is 0.508 e. The molecule has 0 unspecified atom stereocenters. The maximum atomic E-state index is 12.2. The second-order valence-corrected chi connectivity index (χ2v) is 5.15. The van der Waals surface area contributed by atoms with E-state index in [4.69, 9.17) is 4.74 Å². The third-order valence-electron chi connectivity index (χ3n) is 2.92. The van der Waals surface area contributed by atoms with Crippen molar-refractivity contribution in [3.05, 3.63) is 53.6 Å². The molecule has 0 fully saturated rings. The number of carbonyl (C=O) groups is 1. The van der Waals surface area contributed by atoms with Gasteiger partial charge in [0.1, 0.15) is 11.5 Å². The van der Waals surface area contributed by atoms with E-state index >= 15 is 0 Å². The molecule has 0 radical (unpaired) electrons. The molecule has 0 heterocycles. The molecule has 0 saturated carbocycles. The van der Waals surface area contributed by atoms with Crippen molar-refractivity contribution in [1.29, 1.82) is 0 Å². The van der Waals surface area contributed by atoms with Gasteiger partial charge in [0, 0.05) is 11.3 Å². The molecule has 0 aliphatic heterocycles. The standard InChI is InChI=1S/C17H19NO3/c1-11(2)21-15-6-4-5-13(10-15)17(20)18-14-7-8-16(19)12(3)9-14/h4-11,19H,1-3H3,(H,18,20). The molecule has 0 aromatic heterocycles. The number of hydrogen-bond acceptors (Lipinski definition) is 3. The zero-order valence-electron chi connectivity index (χ0n) is 12.4. The maximum absolute atomic E-state index is 12.2. The summed E-state index contributed by atoms with van der Waals surface area (Å²) in [6, 6.07) is 12.0. The molecule has 0 bridgehead atoms. The summed E-state index contributed by atoms with van der Waals surface area (Å²) in [5.41, 5.74) is 1.88. The van der Waals surface area contributed by atoms with E-state index in [0.29, 0.717) is 22.6 Å². The first-order valence-corrected chi connectivity index (χ1v) is 6.83. The number of ether oxygens (including phenoxy) is 1. The summed E-state index contributed by atoms with van der Waals surface area (Å²) in [5.74, 6) is 0.661. The lowest BCUT2D eigenvalue weighted by Crippen LogP contribution is -2.12. The minimum atomic E-state index is -0.214. The van der Waals surface area contributed by atoms with Crippen LogP contribution in [0, 0.1) is 6.92 Å². The topological polar surface area (TPSA) is 58.6 Å². The van der Waals surface area contributed by atoms with E-state index in [-0.39, 0.29) is 17.8 Å². The predicted molar refractivity (Wildman–Crippen MR) is 83.0 cm³/mol. The molecule has 2 N–H and O–H groups in total. The molecular formula is C17H19NO3. The van der Waals surface area contributed by atoms with Crippen LogP contribution >= 0.6 is 0 Å². The highest BCUT2D eigenvalue weighted by atomic mass is 16.5. The zero-order valence-corrected chi connectivity index (χ0v) is 12.4. The van der Waals surface area contributed by atoms with Gasteiger partial charge in [-0.25, -0.2) is 0 Å². The maximum Gasteiger partial charge on any atom is 0.255 e.